The first-order valence-corrected chi connectivity index (χ1v) is 6.08. The van der Waals surface area contributed by atoms with Crippen LogP contribution >= 0.6 is 0 Å². The molecule has 0 aromatic carbocycles. The van der Waals surface area contributed by atoms with E-state index in [1.54, 1.807) is 0 Å². The molecule has 0 aliphatic carbocycles. The quantitative estimate of drug-likeness (QED) is 0.821. The molecule has 0 saturated carbocycles. The van der Waals surface area contributed by atoms with Crippen molar-refractivity contribution in [3.63, 3.8) is 0 Å². The second kappa shape index (κ2) is 4.79. The molecule has 2 rings (SSSR count). The van der Waals surface area contributed by atoms with Crippen LogP contribution in [0.5, 0.6) is 0 Å². The van der Waals surface area contributed by atoms with Crippen molar-refractivity contribution < 1.29 is 0 Å². The minimum absolute atomic E-state index is 0.659. The van der Waals surface area contributed by atoms with Crippen LogP contribution in [0.1, 0.15) is 38.4 Å². The predicted molar refractivity (Wildman–Crippen MR) is 61.9 cm³/mol. The summed E-state index contributed by atoms with van der Waals surface area (Å²) in [5.74, 6) is 2.71. The summed E-state index contributed by atoms with van der Waals surface area (Å²) < 4.78 is 2.29. The first kappa shape index (κ1) is 10.7. The minimum Gasteiger partial charge on any atom is -0.335 e. The summed E-state index contributed by atoms with van der Waals surface area (Å²) in [6.07, 6.45) is 6.52. The van der Waals surface area contributed by atoms with Gasteiger partial charge < -0.3 is 9.88 Å². The Bertz CT molecular complexity index is 306. The number of aromatic nitrogens is 2. The van der Waals surface area contributed by atoms with Crippen LogP contribution in [0.3, 0.4) is 0 Å². The Hall–Kier alpha value is -0.830. The molecule has 1 aliphatic heterocycles. The predicted octanol–water partition coefficient (Wildman–Crippen LogP) is 2.01. The fourth-order valence-corrected chi connectivity index (χ4v) is 2.61. The largest absolute Gasteiger partial charge is 0.335 e. The maximum Gasteiger partial charge on any atom is 0.112 e. The van der Waals surface area contributed by atoms with Crippen LogP contribution in [0, 0.1) is 5.92 Å². The first-order valence-electron chi connectivity index (χ1n) is 6.08. The molecular formula is C12H21N3. The SMILES string of the molecule is CCC1CNCCC1c1nccn1CC. The smallest absolute Gasteiger partial charge is 0.112 e. The van der Waals surface area contributed by atoms with E-state index in [-0.39, 0.29) is 0 Å². The van der Waals surface area contributed by atoms with E-state index in [4.69, 9.17) is 0 Å². The highest BCUT2D eigenvalue weighted by atomic mass is 15.1. The molecule has 0 radical (unpaired) electrons. The fraction of sp³-hybridized carbons (Fsp3) is 0.750. The molecule has 1 N–H and O–H groups in total. The van der Waals surface area contributed by atoms with E-state index in [1.165, 1.54) is 18.7 Å². The van der Waals surface area contributed by atoms with Crippen molar-refractivity contribution in [3.05, 3.63) is 18.2 Å². The Morgan fingerprint density at radius 2 is 2.40 bits per heavy atom. The van der Waals surface area contributed by atoms with E-state index in [0.29, 0.717) is 5.92 Å². The number of imidazole rings is 1. The van der Waals surface area contributed by atoms with Gasteiger partial charge in [0, 0.05) is 24.9 Å². The summed E-state index contributed by atoms with van der Waals surface area (Å²) in [5, 5.41) is 3.48. The second-order valence-electron chi connectivity index (χ2n) is 4.34. The van der Waals surface area contributed by atoms with Gasteiger partial charge in [0.15, 0.2) is 0 Å². The summed E-state index contributed by atoms with van der Waals surface area (Å²) in [7, 11) is 0. The average Bonchev–Trinajstić information content (AvgIpc) is 2.76. The standard InChI is InChI=1S/C12H21N3/c1-3-10-9-13-6-5-11(10)12-14-7-8-15(12)4-2/h7-8,10-11,13H,3-6,9H2,1-2H3. The van der Waals surface area contributed by atoms with Gasteiger partial charge in [-0.05, 0) is 32.4 Å². The van der Waals surface area contributed by atoms with E-state index < -0.39 is 0 Å². The number of piperidine rings is 1. The molecule has 0 amide bonds. The summed E-state index contributed by atoms with van der Waals surface area (Å²) in [4.78, 5) is 4.54. The molecule has 1 aromatic heterocycles. The summed E-state index contributed by atoms with van der Waals surface area (Å²) in [5.41, 5.74) is 0. The molecule has 2 atom stereocenters. The highest BCUT2D eigenvalue weighted by Crippen LogP contribution is 2.31. The van der Waals surface area contributed by atoms with Gasteiger partial charge in [-0.25, -0.2) is 4.98 Å². The van der Waals surface area contributed by atoms with Crippen molar-refractivity contribution >= 4 is 0 Å². The molecule has 3 heteroatoms. The Morgan fingerprint density at radius 3 is 3.13 bits per heavy atom. The normalized spacial score (nSPS) is 26.8. The van der Waals surface area contributed by atoms with Gasteiger partial charge in [0.2, 0.25) is 0 Å². The van der Waals surface area contributed by atoms with Crippen molar-refractivity contribution in [1.29, 1.82) is 0 Å². The van der Waals surface area contributed by atoms with Gasteiger partial charge in [-0.3, -0.25) is 0 Å². The number of nitrogens with zero attached hydrogens (tertiary/aromatic N) is 2. The zero-order chi connectivity index (χ0) is 10.7. The van der Waals surface area contributed by atoms with Gasteiger partial charge in [0.1, 0.15) is 5.82 Å². The second-order valence-corrected chi connectivity index (χ2v) is 4.34. The van der Waals surface area contributed by atoms with Crippen LogP contribution in [0.2, 0.25) is 0 Å². The van der Waals surface area contributed by atoms with Crippen LogP contribution in [0.15, 0.2) is 12.4 Å². The van der Waals surface area contributed by atoms with Gasteiger partial charge in [-0.15, -0.1) is 0 Å². The van der Waals surface area contributed by atoms with Crippen LogP contribution in [-0.2, 0) is 6.54 Å². The van der Waals surface area contributed by atoms with Crippen LogP contribution in [0.25, 0.3) is 0 Å². The van der Waals surface area contributed by atoms with Gasteiger partial charge >= 0.3 is 0 Å². The lowest BCUT2D eigenvalue weighted by Crippen LogP contribution is -2.36. The van der Waals surface area contributed by atoms with Crippen LogP contribution in [-0.4, -0.2) is 22.6 Å². The lowest BCUT2D eigenvalue weighted by Gasteiger charge is -2.31. The van der Waals surface area contributed by atoms with Crippen LogP contribution < -0.4 is 5.32 Å². The number of aryl methyl sites for hydroxylation is 1. The van der Waals surface area contributed by atoms with E-state index in [9.17, 15) is 0 Å². The maximum absolute atomic E-state index is 4.54. The van der Waals surface area contributed by atoms with Crippen molar-refractivity contribution in [2.45, 2.75) is 39.2 Å². The van der Waals surface area contributed by atoms with Gasteiger partial charge in [0.25, 0.3) is 0 Å². The fourth-order valence-electron chi connectivity index (χ4n) is 2.61. The molecule has 1 aliphatic rings. The molecule has 84 valence electrons. The van der Waals surface area contributed by atoms with Crippen molar-refractivity contribution in [2.24, 2.45) is 5.92 Å². The van der Waals surface area contributed by atoms with Crippen LogP contribution in [0.4, 0.5) is 0 Å². The van der Waals surface area contributed by atoms with E-state index >= 15 is 0 Å². The minimum atomic E-state index is 0.659. The molecule has 1 fully saturated rings. The molecule has 2 heterocycles. The zero-order valence-electron chi connectivity index (χ0n) is 9.74. The summed E-state index contributed by atoms with van der Waals surface area (Å²) in [6, 6.07) is 0. The van der Waals surface area contributed by atoms with Crippen molar-refractivity contribution in [2.75, 3.05) is 13.1 Å². The third-order valence-electron chi connectivity index (χ3n) is 3.55. The molecule has 15 heavy (non-hydrogen) atoms. The average molecular weight is 207 g/mol. The highest BCUT2D eigenvalue weighted by molar-refractivity contribution is 5.04. The van der Waals surface area contributed by atoms with Gasteiger partial charge in [0.05, 0.1) is 0 Å². The lowest BCUT2D eigenvalue weighted by atomic mass is 9.84. The van der Waals surface area contributed by atoms with E-state index in [0.717, 1.165) is 25.6 Å². The van der Waals surface area contributed by atoms with E-state index in [1.807, 2.05) is 6.20 Å². The first-order chi connectivity index (χ1) is 7.36. The highest BCUT2D eigenvalue weighted by Gasteiger charge is 2.27. The Balaban J connectivity index is 2.20. The maximum atomic E-state index is 4.54. The number of hydrogen-bond acceptors (Lipinski definition) is 2. The van der Waals surface area contributed by atoms with Gasteiger partial charge in [-0.2, -0.15) is 0 Å². The monoisotopic (exact) mass is 207 g/mol. The molecule has 0 spiro atoms. The molecular weight excluding hydrogens is 186 g/mol. The summed E-state index contributed by atoms with van der Waals surface area (Å²) in [6.45, 7) is 7.79. The molecule has 3 nitrogen and oxygen atoms in total. The third kappa shape index (κ3) is 2.07. The Morgan fingerprint density at radius 1 is 1.53 bits per heavy atom. The Labute approximate surface area is 91.9 Å². The molecule has 2 unspecified atom stereocenters. The third-order valence-corrected chi connectivity index (χ3v) is 3.55. The molecule has 1 saturated heterocycles. The van der Waals surface area contributed by atoms with Gasteiger partial charge in [-0.1, -0.05) is 13.3 Å². The van der Waals surface area contributed by atoms with E-state index in [2.05, 4.69) is 34.9 Å². The molecule has 0 bridgehead atoms. The number of hydrogen-bond donors (Lipinski definition) is 1. The lowest BCUT2D eigenvalue weighted by molar-refractivity contribution is 0.302. The topological polar surface area (TPSA) is 29.9 Å². The van der Waals surface area contributed by atoms with Crippen molar-refractivity contribution in [1.82, 2.24) is 14.9 Å². The summed E-state index contributed by atoms with van der Waals surface area (Å²) >= 11 is 0. The molecule has 1 aromatic rings. The number of rotatable bonds is 3. The Kier molecular flexibility index (Phi) is 3.41. The zero-order valence-corrected chi connectivity index (χ0v) is 9.74. The number of nitrogens with one attached hydrogen (secondary N) is 1. The van der Waals surface area contributed by atoms with Crippen molar-refractivity contribution in [3.8, 4) is 0 Å².